The molecule has 0 saturated heterocycles. The first kappa shape index (κ1) is 28.5. The molecule has 0 aliphatic heterocycles. The van der Waals surface area contributed by atoms with Crippen LogP contribution in [0.1, 0.15) is 29.3 Å². The van der Waals surface area contributed by atoms with E-state index in [-0.39, 0.29) is 50.1 Å². The Hall–Kier alpha value is -3.03. The number of carboxylic acid groups (broad SMARTS) is 1. The highest BCUT2D eigenvalue weighted by molar-refractivity contribution is 7.89. The van der Waals surface area contributed by atoms with Gasteiger partial charge in [0.2, 0.25) is 0 Å². The predicted octanol–water partition coefficient (Wildman–Crippen LogP) is 3.88. The van der Waals surface area contributed by atoms with Crippen molar-refractivity contribution < 1.29 is 23.1 Å². The molecule has 3 aromatic rings. The van der Waals surface area contributed by atoms with Gasteiger partial charge in [-0.1, -0.05) is 47.8 Å². The number of anilines is 2. The van der Waals surface area contributed by atoms with Gasteiger partial charge in [0.1, 0.15) is 18.2 Å². The van der Waals surface area contributed by atoms with Crippen LogP contribution in [-0.2, 0) is 21.2 Å². The van der Waals surface area contributed by atoms with Gasteiger partial charge >= 0.3 is 5.97 Å². The first-order valence-electron chi connectivity index (χ1n) is 10.7. The first-order chi connectivity index (χ1) is 17.5. The Morgan fingerprint density at radius 3 is 2.38 bits per heavy atom. The molecule has 1 atom stereocenters. The third-order valence-electron chi connectivity index (χ3n) is 4.88. The SMILES string of the molecule is CCCNS(=O)(=O)c1cc(N[C@@H](Cc2ccc(NC(=O)c3c(Cl)cncc3Cl)c(Cl)c2)C(=O)O)ncn1. The van der Waals surface area contributed by atoms with Gasteiger partial charge in [-0.05, 0) is 24.1 Å². The summed E-state index contributed by atoms with van der Waals surface area (Å²) in [7, 11) is -3.87. The minimum absolute atomic E-state index is 0.0142. The van der Waals surface area contributed by atoms with Gasteiger partial charge in [0, 0.05) is 31.4 Å². The molecule has 2 heterocycles. The van der Waals surface area contributed by atoms with Crippen molar-refractivity contribution in [1.29, 1.82) is 0 Å². The van der Waals surface area contributed by atoms with Crippen molar-refractivity contribution in [3.8, 4) is 0 Å². The molecule has 196 valence electrons. The number of sulfonamides is 1. The average molecular weight is 588 g/mol. The summed E-state index contributed by atoms with van der Waals surface area (Å²) in [4.78, 5) is 36.0. The summed E-state index contributed by atoms with van der Waals surface area (Å²) in [5, 5.41) is 15.0. The van der Waals surface area contributed by atoms with Gasteiger partial charge in [-0.25, -0.2) is 27.9 Å². The van der Waals surface area contributed by atoms with Crippen molar-refractivity contribution in [1.82, 2.24) is 19.7 Å². The van der Waals surface area contributed by atoms with Gasteiger partial charge in [0.05, 0.1) is 26.3 Å². The van der Waals surface area contributed by atoms with Gasteiger partial charge in [-0.2, -0.15) is 0 Å². The van der Waals surface area contributed by atoms with Crippen molar-refractivity contribution in [2.45, 2.75) is 30.8 Å². The van der Waals surface area contributed by atoms with Crippen LogP contribution in [0.2, 0.25) is 15.1 Å². The summed E-state index contributed by atoms with van der Waals surface area (Å²) in [6, 6.07) is 4.55. The molecule has 1 aromatic carbocycles. The lowest BCUT2D eigenvalue weighted by Crippen LogP contribution is -2.32. The van der Waals surface area contributed by atoms with Crippen LogP contribution in [0.4, 0.5) is 11.5 Å². The number of amides is 1. The maximum absolute atomic E-state index is 12.6. The van der Waals surface area contributed by atoms with Crippen LogP contribution < -0.4 is 15.4 Å². The van der Waals surface area contributed by atoms with Crippen LogP contribution in [-0.4, -0.2) is 52.9 Å². The number of aromatic nitrogens is 3. The Morgan fingerprint density at radius 2 is 1.76 bits per heavy atom. The van der Waals surface area contributed by atoms with Crippen LogP contribution in [0, 0.1) is 0 Å². The number of halogens is 3. The molecule has 0 spiro atoms. The molecule has 0 bridgehead atoms. The van der Waals surface area contributed by atoms with E-state index in [0.717, 1.165) is 12.4 Å². The third-order valence-corrected chi connectivity index (χ3v) is 7.13. The second-order valence-corrected chi connectivity index (χ2v) is 10.6. The van der Waals surface area contributed by atoms with Gasteiger partial charge in [0.25, 0.3) is 15.9 Å². The maximum atomic E-state index is 12.6. The molecule has 0 aliphatic carbocycles. The zero-order valence-electron chi connectivity index (χ0n) is 19.2. The predicted molar refractivity (Wildman–Crippen MR) is 140 cm³/mol. The molecule has 15 heteroatoms. The van der Waals surface area contributed by atoms with Gasteiger partial charge in [-0.15, -0.1) is 0 Å². The normalized spacial score (nSPS) is 12.1. The second-order valence-electron chi connectivity index (χ2n) is 7.63. The molecule has 0 aliphatic rings. The molecule has 2 aromatic heterocycles. The van der Waals surface area contributed by atoms with E-state index in [0.29, 0.717) is 12.0 Å². The summed E-state index contributed by atoms with van der Waals surface area (Å²) < 4.78 is 27.0. The number of carbonyl (C=O) groups is 2. The van der Waals surface area contributed by atoms with E-state index in [1.807, 2.05) is 6.92 Å². The molecule has 4 N–H and O–H groups in total. The van der Waals surface area contributed by atoms with Crippen molar-refractivity contribution in [2.75, 3.05) is 17.2 Å². The molecular weight excluding hydrogens is 567 g/mol. The second kappa shape index (κ2) is 12.5. The van der Waals surface area contributed by atoms with Crippen LogP contribution in [0.25, 0.3) is 0 Å². The Labute approximate surface area is 227 Å². The number of carbonyl (C=O) groups excluding carboxylic acids is 1. The fraction of sp³-hybridized carbons (Fsp3) is 0.227. The van der Waals surface area contributed by atoms with E-state index >= 15 is 0 Å². The highest BCUT2D eigenvalue weighted by Crippen LogP contribution is 2.28. The molecule has 0 fully saturated rings. The topological polar surface area (TPSA) is 163 Å². The van der Waals surface area contributed by atoms with E-state index in [1.54, 1.807) is 6.07 Å². The smallest absolute Gasteiger partial charge is 0.326 e. The molecule has 11 nitrogen and oxygen atoms in total. The van der Waals surface area contributed by atoms with Gasteiger partial charge in [0.15, 0.2) is 5.03 Å². The molecular formula is C22H21Cl3N6O5S. The number of aliphatic carboxylic acids is 1. The number of nitrogens with zero attached hydrogens (tertiary/aromatic N) is 3. The maximum Gasteiger partial charge on any atom is 0.326 e. The number of nitrogens with one attached hydrogen (secondary N) is 3. The van der Waals surface area contributed by atoms with Crippen molar-refractivity contribution in [2.24, 2.45) is 0 Å². The quantitative estimate of drug-likeness (QED) is 0.244. The summed E-state index contributed by atoms with van der Waals surface area (Å²) in [5.74, 6) is -1.79. The van der Waals surface area contributed by atoms with Crippen molar-refractivity contribution in [3.05, 3.63) is 69.2 Å². The van der Waals surface area contributed by atoms with Crippen LogP contribution in [0.15, 0.2) is 48.0 Å². The van der Waals surface area contributed by atoms with Crippen molar-refractivity contribution >= 4 is 68.2 Å². The fourth-order valence-electron chi connectivity index (χ4n) is 3.09. The van der Waals surface area contributed by atoms with E-state index in [4.69, 9.17) is 34.8 Å². The summed E-state index contributed by atoms with van der Waals surface area (Å²) in [6.07, 6.45) is 4.14. The first-order valence-corrected chi connectivity index (χ1v) is 13.3. The summed E-state index contributed by atoms with van der Waals surface area (Å²) >= 11 is 18.4. The Balaban J connectivity index is 1.75. The summed E-state index contributed by atoms with van der Waals surface area (Å²) in [6.45, 7) is 2.04. The average Bonchev–Trinajstić information content (AvgIpc) is 2.84. The third kappa shape index (κ3) is 7.49. The van der Waals surface area contributed by atoms with Crippen LogP contribution in [0.5, 0.6) is 0 Å². The molecule has 1 amide bonds. The highest BCUT2D eigenvalue weighted by atomic mass is 35.5. The largest absolute Gasteiger partial charge is 0.480 e. The van der Waals surface area contributed by atoms with Gasteiger partial charge in [-0.3, -0.25) is 9.78 Å². The Bertz CT molecular complexity index is 1400. The number of rotatable bonds is 11. The fourth-order valence-corrected chi connectivity index (χ4v) is 4.95. The molecule has 0 unspecified atom stereocenters. The Morgan fingerprint density at radius 1 is 1.05 bits per heavy atom. The monoisotopic (exact) mass is 586 g/mol. The van der Waals surface area contributed by atoms with Gasteiger partial charge < -0.3 is 15.7 Å². The van der Waals surface area contributed by atoms with E-state index < -0.39 is 27.9 Å². The highest BCUT2D eigenvalue weighted by Gasteiger charge is 2.22. The minimum atomic E-state index is -3.87. The minimum Gasteiger partial charge on any atom is -0.480 e. The van der Waals surface area contributed by atoms with E-state index in [2.05, 4.69) is 30.3 Å². The lowest BCUT2D eigenvalue weighted by atomic mass is 10.1. The van der Waals surface area contributed by atoms with Crippen molar-refractivity contribution in [3.63, 3.8) is 0 Å². The molecule has 0 saturated carbocycles. The molecule has 3 rings (SSSR count). The van der Waals surface area contributed by atoms with E-state index in [9.17, 15) is 23.1 Å². The summed E-state index contributed by atoms with van der Waals surface area (Å²) in [5.41, 5.74) is 0.809. The lowest BCUT2D eigenvalue weighted by Gasteiger charge is -2.16. The number of benzene rings is 1. The zero-order chi connectivity index (χ0) is 27.2. The number of pyridine rings is 1. The molecule has 37 heavy (non-hydrogen) atoms. The van der Waals surface area contributed by atoms with Crippen LogP contribution in [0.3, 0.4) is 0 Å². The standard InChI is InChI=1S/C22H21Cl3N6O5S/c1-2-5-29-37(35,36)19-8-18(27-11-28-19)30-17(22(33)34)7-12-3-4-16(13(23)6-12)31-21(32)20-14(24)9-26-10-15(20)25/h3-4,6,8-11,17,29H,2,5,7H2,1H3,(H,31,32)(H,33,34)(H,27,28,30)/t17-/m0/s1. The van der Waals surface area contributed by atoms with E-state index in [1.165, 1.54) is 24.5 Å². The number of hydrogen-bond donors (Lipinski definition) is 4. The number of hydrogen-bond acceptors (Lipinski definition) is 8. The zero-order valence-corrected chi connectivity index (χ0v) is 22.3. The number of carboxylic acids is 1. The van der Waals surface area contributed by atoms with Crippen LogP contribution >= 0.6 is 34.8 Å². The Kier molecular flexibility index (Phi) is 9.62. The molecule has 0 radical (unpaired) electrons. The lowest BCUT2D eigenvalue weighted by molar-refractivity contribution is -0.137.